The molecule has 0 aromatic rings. The summed E-state index contributed by atoms with van der Waals surface area (Å²) in [6, 6.07) is 0. The molecule has 4 aliphatic carbocycles. The maximum atomic E-state index is 14.5. The lowest BCUT2D eigenvalue weighted by atomic mass is 9.45. The molecule has 0 N–H and O–H groups in total. The van der Waals surface area contributed by atoms with Gasteiger partial charge in [0, 0.05) is 0 Å². The van der Waals surface area contributed by atoms with Gasteiger partial charge in [-0.15, -0.1) is 0 Å². The lowest BCUT2D eigenvalue weighted by Gasteiger charge is -2.62. The Balaban J connectivity index is 2.03. The van der Waals surface area contributed by atoms with Crippen LogP contribution < -0.4 is 0 Å². The number of hydrogen-bond acceptors (Lipinski definition) is 0. The molecule has 0 radical (unpaired) electrons. The summed E-state index contributed by atoms with van der Waals surface area (Å²) in [4.78, 5) is 0. The van der Waals surface area contributed by atoms with Gasteiger partial charge in [0.1, 0.15) is 5.67 Å². The van der Waals surface area contributed by atoms with E-state index in [4.69, 9.17) is 0 Å². The van der Waals surface area contributed by atoms with Gasteiger partial charge in [0.25, 0.3) is 0 Å². The highest BCUT2D eigenvalue weighted by atomic mass is 19.1. The highest BCUT2D eigenvalue weighted by Gasteiger charge is 2.60. The van der Waals surface area contributed by atoms with Crippen molar-refractivity contribution < 1.29 is 4.39 Å². The number of rotatable bonds is 0. The zero-order valence-electron chi connectivity index (χ0n) is 8.65. The first-order valence-electron chi connectivity index (χ1n) is 5.71. The largest absolute Gasteiger partial charge is 0.244 e. The predicted molar refractivity (Wildman–Crippen MR) is 51.2 cm³/mol. The SMILES string of the molecule is CC1C2(C)CC3CC(C2)CC1(F)C3. The molecular formula is C12H19F. The van der Waals surface area contributed by atoms with Gasteiger partial charge in [-0.05, 0) is 55.3 Å². The van der Waals surface area contributed by atoms with Crippen LogP contribution in [0.3, 0.4) is 0 Å². The van der Waals surface area contributed by atoms with Gasteiger partial charge >= 0.3 is 0 Å². The van der Waals surface area contributed by atoms with E-state index in [1.165, 1.54) is 19.3 Å². The average molecular weight is 182 g/mol. The fourth-order valence-corrected chi connectivity index (χ4v) is 4.73. The van der Waals surface area contributed by atoms with E-state index < -0.39 is 5.67 Å². The molecule has 0 nitrogen and oxygen atoms in total. The maximum Gasteiger partial charge on any atom is 0.114 e. The van der Waals surface area contributed by atoms with Crippen molar-refractivity contribution in [3.63, 3.8) is 0 Å². The fourth-order valence-electron chi connectivity index (χ4n) is 4.73. The van der Waals surface area contributed by atoms with Gasteiger partial charge in [0.2, 0.25) is 0 Å². The molecule has 13 heavy (non-hydrogen) atoms. The van der Waals surface area contributed by atoms with Crippen molar-refractivity contribution in [3.05, 3.63) is 0 Å². The van der Waals surface area contributed by atoms with Crippen LogP contribution in [0.2, 0.25) is 0 Å². The zero-order chi connectivity index (χ0) is 9.27. The minimum absolute atomic E-state index is 0.313. The minimum Gasteiger partial charge on any atom is -0.244 e. The second kappa shape index (κ2) is 2.12. The van der Waals surface area contributed by atoms with Crippen LogP contribution in [-0.4, -0.2) is 5.67 Å². The molecule has 0 heterocycles. The quantitative estimate of drug-likeness (QED) is 0.537. The molecule has 4 saturated carbocycles. The maximum absolute atomic E-state index is 14.5. The first kappa shape index (κ1) is 8.26. The molecular weight excluding hydrogens is 163 g/mol. The molecule has 3 atom stereocenters. The fraction of sp³-hybridized carbons (Fsp3) is 1.00. The van der Waals surface area contributed by atoms with E-state index in [0.717, 1.165) is 24.7 Å². The van der Waals surface area contributed by atoms with Gasteiger partial charge in [0.05, 0.1) is 0 Å². The van der Waals surface area contributed by atoms with Crippen molar-refractivity contribution in [1.82, 2.24) is 0 Å². The van der Waals surface area contributed by atoms with Gasteiger partial charge in [-0.2, -0.15) is 0 Å². The van der Waals surface area contributed by atoms with E-state index in [1.807, 2.05) is 0 Å². The summed E-state index contributed by atoms with van der Waals surface area (Å²) in [6.07, 6.45) is 5.68. The highest BCUT2D eigenvalue weighted by molar-refractivity contribution is 5.10. The first-order chi connectivity index (χ1) is 6.02. The van der Waals surface area contributed by atoms with Crippen molar-refractivity contribution in [2.45, 2.75) is 51.6 Å². The van der Waals surface area contributed by atoms with E-state index in [9.17, 15) is 4.39 Å². The molecule has 1 heteroatoms. The topological polar surface area (TPSA) is 0 Å². The summed E-state index contributed by atoms with van der Waals surface area (Å²) in [7, 11) is 0. The van der Waals surface area contributed by atoms with Crippen LogP contribution in [0.5, 0.6) is 0 Å². The van der Waals surface area contributed by atoms with Crippen molar-refractivity contribution in [3.8, 4) is 0 Å². The van der Waals surface area contributed by atoms with Gasteiger partial charge in [0.15, 0.2) is 0 Å². The predicted octanol–water partition coefficient (Wildman–Crippen LogP) is 3.56. The Bertz CT molecular complexity index is 210. The molecule has 4 bridgehead atoms. The summed E-state index contributed by atoms with van der Waals surface area (Å²) >= 11 is 0. The summed E-state index contributed by atoms with van der Waals surface area (Å²) in [6.45, 7) is 4.47. The lowest BCUT2D eigenvalue weighted by Crippen LogP contribution is -2.58. The van der Waals surface area contributed by atoms with E-state index in [0.29, 0.717) is 11.3 Å². The average Bonchev–Trinajstić information content (AvgIpc) is 1.97. The molecule has 4 rings (SSSR count). The number of alkyl halides is 1. The van der Waals surface area contributed by atoms with Gasteiger partial charge < -0.3 is 0 Å². The van der Waals surface area contributed by atoms with Crippen molar-refractivity contribution >= 4 is 0 Å². The third kappa shape index (κ3) is 0.911. The highest BCUT2D eigenvalue weighted by Crippen LogP contribution is 2.65. The summed E-state index contributed by atoms with van der Waals surface area (Å²) < 4.78 is 14.5. The Kier molecular flexibility index (Phi) is 1.35. The standard InChI is InChI=1S/C12H19F/c1-8-11(2)4-9-3-10(5-11)7-12(8,13)6-9/h8-10H,3-7H2,1-2H3. The summed E-state index contributed by atoms with van der Waals surface area (Å²) in [5, 5.41) is 0. The molecule has 4 fully saturated rings. The van der Waals surface area contributed by atoms with Crippen LogP contribution in [0, 0.1) is 23.2 Å². The van der Waals surface area contributed by atoms with Crippen LogP contribution in [0.15, 0.2) is 0 Å². The van der Waals surface area contributed by atoms with Crippen LogP contribution >= 0.6 is 0 Å². The Hall–Kier alpha value is -0.0700. The Morgan fingerprint density at radius 2 is 1.62 bits per heavy atom. The molecule has 4 aliphatic rings. The van der Waals surface area contributed by atoms with E-state index in [2.05, 4.69) is 13.8 Å². The second-order valence-corrected chi connectivity index (χ2v) is 6.19. The Labute approximate surface area is 79.9 Å². The van der Waals surface area contributed by atoms with Crippen LogP contribution in [0.25, 0.3) is 0 Å². The summed E-state index contributed by atoms with van der Waals surface area (Å²) in [5.74, 6) is 1.75. The molecule has 0 saturated heterocycles. The molecule has 0 aromatic heterocycles. The molecule has 74 valence electrons. The van der Waals surface area contributed by atoms with Gasteiger partial charge in [-0.3, -0.25) is 0 Å². The van der Waals surface area contributed by atoms with Crippen molar-refractivity contribution in [2.75, 3.05) is 0 Å². The van der Waals surface area contributed by atoms with Crippen molar-refractivity contribution in [1.29, 1.82) is 0 Å². The van der Waals surface area contributed by atoms with Crippen molar-refractivity contribution in [2.24, 2.45) is 23.2 Å². The smallest absolute Gasteiger partial charge is 0.114 e. The van der Waals surface area contributed by atoms with E-state index >= 15 is 0 Å². The molecule has 0 aromatic carbocycles. The van der Waals surface area contributed by atoms with Gasteiger partial charge in [-0.1, -0.05) is 13.8 Å². The molecule has 0 amide bonds. The van der Waals surface area contributed by atoms with E-state index in [1.54, 1.807) is 0 Å². The van der Waals surface area contributed by atoms with Crippen LogP contribution in [0.1, 0.15) is 46.0 Å². The van der Waals surface area contributed by atoms with Gasteiger partial charge in [-0.25, -0.2) is 4.39 Å². The monoisotopic (exact) mass is 182 g/mol. The number of hydrogen-bond donors (Lipinski definition) is 0. The third-order valence-corrected chi connectivity index (χ3v) is 5.25. The lowest BCUT2D eigenvalue weighted by molar-refractivity contribution is -0.162. The molecule has 0 spiro atoms. The number of halogens is 1. The zero-order valence-corrected chi connectivity index (χ0v) is 8.65. The Morgan fingerprint density at radius 1 is 1.08 bits per heavy atom. The van der Waals surface area contributed by atoms with Crippen LogP contribution in [0.4, 0.5) is 4.39 Å². The second-order valence-electron chi connectivity index (χ2n) is 6.19. The summed E-state index contributed by atoms with van der Waals surface area (Å²) in [5.41, 5.74) is -0.433. The first-order valence-corrected chi connectivity index (χ1v) is 5.71. The minimum atomic E-state index is -0.779. The van der Waals surface area contributed by atoms with E-state index in [-0.39, 0.29) is 0 Å². The third-order valence-electron chi connectivity index (χ3n) is 5.25. The normalized spacial score (nSPS) is 64.4. The molecule has 3 unspecified atom stereocenters. The molecule has 0 aliphatic heterocycles. The Morgan fingerprint density at radius 3 is 2.08 bits per heavy atom. The van der Waals surface area contributed by atoms with Crippen LogP contribution in [-0.2, 0) is 0 Å².